The molecule has 0 saturated carbocycles. The van der Waals surface area contributed by atoms with Gasteiger partial charge in [-0.15, -0.1) is 0 Å². The molecule has 5 heteroatoms. The number of rotatable bonds is 10. The molecule has 0 radical (unpaired) electrons. The van der Waals surface area contributed by atoms with E-state index in [0.29, 0.717) is 25.5 Å². The Labute approximate surface area is 220 Å². The number of fused-ring (bicyclic) bond motifs is 1. The number of anilines is 1. The summed E-state index contributed by atoms with van der Waals surface area (Å²) in [5.41, 5.74) is 5.65. The smallest absolute Gasteiger partial charge is 0.227 e. The molecule has 1 saturated heterocycles. The monoisotopic (exact) mass is 495 g/mol. The summed E-state index contributed by atoms with van der Waals surface area (Å²) in [7, 11) is 0. The van der Waals surface area contributed by atoms with Crippen LogP contribution in [0.4, 0.5) is 5.69 Å². The molecule has 5 nitrogen and oxygen atoms in total. The van der Waals surface area contributed by atoms with Gasteiger partial charge in [-0.05, 0) is 66.6 Å². The number of amides is 1. The van der Waals surface area contributed by atoms with Gasteiger partial charge in [-0.3, -0.25) is 4.79 Å². The number of para-hydroxylation sites is 3. The van der Waals surface area contributed by atoms with Crippen LogP contribution in [0.2, 0.25) is 0 Å². The summed E-state index contributed by atoms with van der Waals surface area (Å²) >= 11 is 0. The SMILES string of the molecule is CCc1ccc(N2CC(c3nc4ccccc4n3CCCCOc3ccccc3C(C)C)CC2=O)cc1. The molecule has 192 valence electrons. The normalized spacial score (nSPS) is 15.7. The molecule has 1 atom stereocenters. The van der Waals surface area contributed by atoms with Crippen LogP contribution in [0.25, 0.3) is 11.0 Å². The number of aromatic nitrogens is 2. The Hall–Kier alpha value is -3.60. The Morgan fingerprint density at radius 3 is 2.51 bits per heavy atom. The highest BCUT2D eigenvalue weighted by molar-refractivity contribution is 5.96. The number of nitrogens with zero attached hydrogens (tertiary/aromatic N) is 3. The molecule has 3 aromatic carbocycles. The van der Waals surface area contributed by atoms with Crippen LogP contribution < -0.4 is 9.64 Å². The van der Waals surface area contributed by atoms with Crippen molar-refractivity contribution in [3.63, 3.8) is 0 Å². The molecule has 4 aromatic rings. The van der Waals surface area contributed by atoms with E-state index in [1.54, 1.807) is 0 Å². The molecule has 1 aliphatic rings. The first-order valence-corrected chi connectivity index (χ1v) is 13.6. The zero-order valence-corrected chi connectivity index (χ0v) is 22.2. The van der Waals surface area contributed by atoms with Crippen LogP contribution in [-0.4, -0.2) is 28.6 Å². The molecule has 1 fully saturated rings. The largest absolute Gasteiger partial charge is 0.493 e. The molecule has 37 heavy (non-hydrogen) atoms. The molecule has 0 bridgehead atoms. The molecule has 1 aliphatic heterocycles. The number of benzene rings is 3. The molecule has 0 N–H and O–H groups in total. The number of carbonyl (C=O) groups is 1. The van der Waals surface area contributed by atoms with Crippen LogP contribution in [0.3, 0.4) is 0 Å². The van der Waals surface area contributed by atoms with Gasteiger partial charge in [0, 0.05) is 31.1 Å². The van der Waals surface area contributed by atoms with Gasteiger partial charge in [0.2, 0.25) is 5.91 Å². The van der Waals surface area contributed by atoms with Gasteiger partial charge in [0.05, 0.1) is 17.6 Å². The van der Waals surface area contributed by atoms with Crippen molar-refractivity contribution >= 4 is 22.6 Å². The second kappa shape index (κ2) is 11.2. The van der Waals surface area contributed by atoms with E-state index in [1.165, 1.54) is 11.1 Å². The minimum Gasteiger partial charge on any atom is -0.493 e. The molecule has 1 amide bonds. The first-order valence-electron chi connectivity index (χ1n) is 13.6. The van der Waals surface area contributed by atoms with E-state index in [2.05, 4.69) is 86.0 Å². The fraction of sp³-hybridized carbons (Fsp3) is 0.375. The molecule has 0 spiro atoms. The van der Waals surface area contributed by atoms with E-state index in [1.807, 2.05) is 17.0 Å². The topological polar surface area (TPSA) is 47.4 Å². The Morgan fingerprint density at radius 2 is 1.73 bits per heavy atom. The van der Waals surface area contributed by atoms with E-state index in [-0.39, 0.29) is 11.8 Å². The molecule has 5 rings (SSSR count). The third-order valence-electron chi connectivity index (χ3n) is 7.41. The molecule has 1 unspecified atom stereocenters. The predicted octanol–water partition coefficient (Wildman–Crippen LogP) is 7.10. The van der Waals surface area contributed by atoms with E-state index < -0.39 is 0 Å². The van der Waals surface area contributed by atoms with E-state index in [0.717, 1.165) is 54.1 Å². The van der Waals surface area contributed by atoms with Gasteiger partial charge in [0.15, 0.2) is 0 Å². The lowest BCUT2D eigenvalue weighted by atomic mass is 10.0. The van der Waals surface area contributed by atoms with Gasteiger partial charge in [0.1, 0.15) is 11.6 Å². The summed E-state index contributed by atoms with van der Waals surface area (Å²) in [4.78, 5) is 20.0. The summed E-state index contributed by atoms with van der Waals surface area (Å²) in [6, 6.07) is 25.0. The zero-order chi connectivity index (χ0) is 25.8. The van der Waals surface area contributed by atoms with Gasteiger partial charge >= 0.3 is 0 Å². The lowest BCUT2D eigenvalue weighted by Gasteiger charge is -2.18. The van der Waals surface area contributed by atoms with Gasteiger partial charge in [-0.25, -0.2) is 4.98 Å². The highest BCUT2D eigenvalue weighted by Crippen LogP contribution is 2.33. The number of unbranched alkanes of at least 4 members (excludes halogenated alkanes) is 1. The number of aryl methyl sites for hydroxylation is 2. The number of hydrogen-bond donors (Lipinski definition) is 0. The van der Waals surface area contributed by atoms with Gasteiger partial charge in [-0.2, -0.15) is 0 Å². The number of carbonyl (C=O) groups excluding carboxylic acids is 1. The fourth-order valence-electron chi connectivity index (χ4n) is 5.33. The average Bonchev–Trinajstić information content (AvgIpc) is 3.49. The van der Waals surface area contributed by atoms with Gasteiger partial charge < -0.3 is 14.2 Å². The van der Waals surface area contributed by atoms with Crippen LogP contribution >= 0.6 is 0 Å². The second-order valence-electron chi connectivity index (χ2n) is 10.3. The quantitative estimate of drug-likeness (QED) is 0.220. The highest BCUT2D eigenvalue weighted by Gasteiger charge is 2.34. The van der Waals surface area contributed by atoms with Crippen molar-refractivity contribution in [2.75, 3.05) is 18.1 Å². The third kappa shape index (κ3) is 5.41. The Kier molecular flexibility index (Phi) is 7.59. The van der Waals surface area contributed by atoms with E-state index >= 15 is 0 Å². The third-order valence-corrected chi connectivity index (χ3v) is 7.41. The van der Waals surface area contributed by atoms with Crippen molar-refractivity contribution in [3.05, 3.63) is 89.7 Å². The van der Waals surface area contributed by atoms with Crippen LogP contribution in [0.1, 0.15) is 68.8 Å². The van der Waals surface area contributed by atoms with Gasteiger partial charge in [-0.1, -0.05) is 63.2 Å². The number of hydrogen-bond acceptors (Lipinski definition) is 3. The number of imidazole rings is 1. The average molecular weight is 496 g/mol. The molecule has 2 heterocycles. The maximum Gasteiger partial charge on any atom is 0.227 e. The number of ether oxygens (including phenoxy) is 1. The second-order valence-corrected chi connectivity index (χ2v) is 10.3. The zero-order valence-electron chi connectivity index (χ0n) is 22.2. The van der Waals surface area contributed by atoms with Crippen LogP contribution in [0, 0.1) is 0 Å². The molecule has 1 aromatic heterocycles. The van der Waals surface area contributed by atoms with Crippen molar-refractivity contribution in [2.45, 2.75) is 64.8 Å². The minimum atomic E-state index is 0.0833. The highest BCUT2D eigenvalue weighted by atomic mass is 16.5. The van der Waals surface area contributed by atoms with Crippen molar-refractivity contribution in [1.82, 2.24) is 9.55 Å². The van der Waals surface area contributed by atoms with Crippen LogP contribution in [-0.2, 0) is 17.8 Å². The van der Waals surface area contributed by atoms with Crippen LogP contribution in [0.5, 0.6) is 5.75 Å². The standard InChI is InChI=1S/C32H37N3O2/c1-4-24-15-17-26(18-16-24)35-22-25(21-31(35)36)32-33-28-12-6-7-13-29(28)34(32)19-9-10-20-37-30-14-8-5-11-27(30)23(2)3/h5-8,11-18,23,25H,4,9-10,19-22H2,1-3H3. The Bertz CT molecular complexity index is 1360. The fourth-order valence-corrected chi connectivity index (χ4v) is 5.33. The first kappa shape index (κ1) is 25.1. The maximum atomic E-state index is 13.0. The van der Waals surface area contributed by atoms with Crippen molar-refractivity contribution in [3.8, 4) is 5.75 Å². The van der Waals surface area contributed by atoms with E-state index in [9.17, 15) is 4.79 Å². The minimum absolute atomic E-state index is 0.0833. The summed E-state index contributed by atoms with van der Waals surface area (Å²) in [6.45, 7) is 8.76. The Morgan fingerprint density at radius 1 is 0.973 bits per heavy atom. The summed E-state index contributed by atoms with van der Waals surface area (Å²) in [6.07, 6.45) is 3.43. The molecular weight excluding hydrogens is 458 g/mol. The Balaban J connectivity index is 1.28. The summed E-state index contributed by atoms with van der Waals surface area (Å²) in [5.74, 6) is 2.70. The first-order chi connectivity index (χ1) is 18.0. The molecular formula is C32H37N3O2. The van der Waals surface area contributed by atoms with Crippen molar-refractivity contribution < 1.29 is 9.53 Å². The predicted molar refractivity (Wildman–Crippen MR) is 151 cm³/mol. The van der Waals surface area contributed by atoms with Gasteiger partial charge in [0.25, 0.3) is 0 Å². The molecule has 0 aliphatic carbocycles. The van der Waals surface area contributed by atoms with Crippen molar-refractivity contribution in [2.24, 2.45) is 0 Å². The maximum absolute atomic E-state index is 13.0. The van der Waals surface area contributed by atoms with Crippen molar-refractivity contribution in [1.29, 1.82) is 0 Å². The lowest BCUT2D eigenvalue weighted by Crippen LogP contribution is -2.24. The summed E-state index contributed by atoms with van der Waals surface area (Å²) < 4.78 is 8.49. The lowest BCUT2D eigenvalue weighted by molar-refractivity contribution is -0.117. The van der Waals surface area contributed by atoms with E-state index in [4.69, 9.17) is 9.72 Å². The van der Waals surface area contributed by atoms with Crippen LogP contribution in [0.15, 0.2) is 72.8 Å². The summed E-state index contributed by atoms with van der Waals surface area (Å²) in [5, 5.41) is 0.